The maximum absolute atomic E-state index is 5.51. The Balaban J connectivity index is 1.99. The molecule has 2 unspecified atom stereocenters. The number of guanidine groups is 1. The van der Waals surface area contributed by atoms with Crippen molar-refractivity contribution in [3.8, 4) is 0 Å². The lowest BCUT2D eigenvalue weighted by Gasteiger charge is -2.33. The van der Waals surface area contributed by atoms with Crippen LogP contribution in [0.5, 0.6) is 0 Å². The highest BCUT2D eigenvalue weighted by Gasteiger charge is 2.30. The number of nitrogens with zero attached hydrogens (tertiary/aromatic N) is 4. The molecule has 2 heterocycles. The molecule has 2 rings (SSSR count). The van der Waals surface area contributed by atoms with E-state index in [1.807, 2.05) is 0 Å². The van der Waals surface area contributed by atoms with Gasteiger partial charge in [-0.2, -0.15) is 0 Å². The number of likely N-dealkylation sites (tertiary alicyclic amines) is 1. The van der Waals surface area contributed by atoms with Gasteiger partial charge in [0, 0.05) is 44.8 Å². The van der Waals surface area contributed by atoms with E-state index in [0.717, 1.165) is 58.4 Å². The van der Waals surface area contributed by atoms with Gasteiger partial charge in [-0.1, -0.05) is 26.7 Å². The van der Waals surface area contributed by atoms with E-state index in [-0.39, 0.29) is 0 Å². The molecule has 6 heteroatoms. The fraction of sp³-hybridized carbons (Fsp3) is 0.950. The molecule has 2 aliphatic rings. The van der Waals surface area contributed by atoms with E-state index >= 15 is 0 Å². The monoisotopic (exact) mass is 367 g/mol. The second-order valence-corrected chi connectivity index (χ2v) is 7.84. The van der Waals surface area contributed by atoms with Gasteiger partial charge in [-0.05, 0) is 33.4 Å². The molecule has 0 aliphatic carbocycles. The minimum Gasteiger partial charge on any atom is -0.379 e. The smallest absolute Gasteiger partial charge is 0.194 e. The molecule has 2 saturated heterocycles. The Morgan fingerprint density at radius 3 is 2.42 bits per heavy atom. The Morgan fingerprint density at radius 1 is 1.15 bits per heavy atom. The molecule has 0 aromatic heterocycles. The van der Waals surface area contributed by atoms with Crippen LogP contribution in [-0.4, -0.2) is 99.3 Å². The number of likely N-dealkylation sites (N-methyl/N-ethyl adjacent to an activating group) is 1. The van der Waals surface area contributed by atoms with Crippen molar-refractivity contribution in [2.45, 2.75) is 52.1 Å². The van der Waals surface area contributed by atoms with Crippen LogP contribution in [0.25, 0.3) is 0 Å². The van der Waals surface area contributed by atoms with Crippen LogP contribution >= 0.6 is 0 Å². The zero-order valence-corrected chi connectivity index (χ0v) is 17.7. The molecule has 0 radical (unpaired) electrons. The summed E-state index contributed by atoms with van der Waals surface area (Å²) in [6.07, 6.45) is 3.66. The number of nitrogens with one attached hydrogen (secondary N) is 1. The van der Waals surface area contributed by atoms with Crippen LogP contribution in [0.4, 0.5) is 0 Å². The highest BCUT2D eigenvalue weighted by molar-refractivity contribution is 5.80. The van der Waals surface area contributed by atoms with Crippen molar-refractivity contribution in [3.05, 3.63) is 0 Å². The molecule has 0 spiro atoms. The van der Waals surface area contributed by atoms with Gasteiger partial charge >= 0.3 is 0 Å². The highest BCUT2D eigenvalue weighted by Crippen LogP contribution is 2.19. The third kappa shape index (κ3) is 5.83. The Hall–Kier alpha value is -0.850. The Morgan fingerprint density at radius 2 is 1.85 bits per heavy atom. The van der Waals surface area contributed by atoms with E-state index in [9.17, 15) is 0 Å². The number of rotatable bonds is 8. The van der Waals surface area contributed by atoms with Crippen LogP contribution in [0.1, 0.15) is 40.0 Å². The summed E-state index contributed by atoms with van der Waals surface area (Å²) in [5.41, 5.74) is 0. The maximum Gasteiger partial charge on any atom is 0.194 e. The number of hydrogen-bond acceptors (Lipinski definition) is 4. The molecule has 26 heavy (non-hydrogen) atoms. The van der Waals surface area contributed by atoms with E-state index < -0.39 is 0 Å². The Labute approximate surface area is 160 Å². The van der Waals surface area contributed by atoms with Gasteiger partial charge in [0.15, 0.2) is 5.96 Å². The van der Waals surface area contributed by atoms with Crippen LogP contribution in [0.2, 0.25) is 0 Å². The van der Waals surface area contributed by atoms with Gasteiger partial charge < -0.3 is 19.9 Å². The molecular weight excluding hydrogens is 326 g/mol. The van der Waals surface area contributed by atoms with Gasteiger partial charge in [-0.15, -0.1) is 0 Å². The van der Waals surface area contributed by atoms with Crippen molar-refractivity contribution >= 4 is 5.96 Å². The van der Waals surface area contributed by atoms with Crippen molar-refractivity contribution in [2.75, 3.05) is 66.6 Å². The van der Waals surface area contributed by atoms with Crippen LogP contribution < -0.4 is 5.32 Å². The largest absolute Gasteiger partial charge is 0.379 e. The average molecular weight is 368 g/mol. The van der Waals surface area contributed by atoms with Gasteiger partial charge in [-0.3, -0.25) is 9.89 Å². The minimum absolute atomic E-state index is 0.510. The molecular formula is C20H41N5O. The second kappa shape index (κ2) is 11.1. The van der Waals surface area contributed by atoms with Gasteiger partial charge in [0.25, 0.3) is 0 Å². The van der Waals surface area contributed by atoms with E-state index in [4.69, 9.17) is 9.73 Å². The van der Waals surface area contributed by atoms with Gasteiger partial charge in [0.05, 0.1) is 19.8 Å². The summed E-state index contributed by atoms with van der Waals surface area (Å²) in [4.78, 5) is 12.5. The Bertz CT molecular complexity index is 418. The van der Waals surface area contributed by atoms with Crippen LogP contribution in [0, 0.1) is 5.92 Å². The fourth-order valence-electron chi connectivity index (χ4n) is 4.35. The fourth-order valence-corrected chi connectivity index (χ4v) is 4.35. The molecule has 152 valence electrons. The normalized spacial score (nSPS) is 23.9. The molecule has 0 amide bonds. The predicted molar refractivity (Wildman–Crippen MR) is 110 cm³/mol. The first-order valence-electron chi connectivity index (χ1n) is 10.6. The molecule has 0 aromatic rings. The first-order chi connectivity index (χ1) is 12.6. The lowest BCUT2D eigenvalue weighted by Crippen LogP contribution is -2.47. The zero-order chi connectivity index (χ0) is 18.9. The van der Waals surface area contributed by atoms with Crippen molar-refractivity contribution in [2.24, 2.45) is 10.9 Å². The van der Waals surface area contributed by atoms with Crippen molar-refractivity contribution < 1.29 is 4.74 Å². The van der Waals surface area contributed by atoms with E-state index in [1.165, 1.54) is 19.3 Å². The van der Waals surface area contributed by atoms with Gasteiger partial charge in [0.1, 0.15) is 0 Å². The molecule has 0 saturated carbocycles. The van der Waals surface area contributed by atoms with Crippen molar-refractivity contribution in [3.63, 3.8) is 0 Å². The number of morpholine rings is 1. The van der Waals surface area contributed by atoms with Gasteiger partial charge in [0.2, 0.25) is 0 Å². The van der Waals surface area contributed by atoms with Crippen molar-refractivity contribution in [1.29, 1.82) is 0 Å². The Kier molecular flexibility index (Phi) is 9.16. The lowest BCUT2D eigenvalue weighted by atomic mass is 9.93. The second-order valence-electron chi connectivity index (χ2n) is 7.84. The number of ether oxygens (including phenoxy) is 1. The molecule has 1 N–H and O–H groups in total. The lowest BCUT2D eigenvalue weighted by molar-refractivity contribution is 0.0195. The maximum atomic E-state index is 5.51. The zero-order valence-electron chi connectivity index (χ0n) is 17.7. The first kappa shape index (κ1) is 21.5. The predicted octanol–water partition coefficient (Wildman–Crippen LogP) is 1.72. The molecule has 2 aliphatic heterocycles. The standard InChI is InChI=1S/C20H41N5O/c1-6-17(7-2)19(23(4)5)15-22-20(21-8-3)25-10-9-18(16-25)24-11-13-26-14-12-24/h17-19H,6-16H2,1-5H3,(H,21,22). The summed E-state index contributed by atoms with van der Waals surface area (Å²) in [7, 11) is 4.38. The van der Waals surface area contributed by atoms with Crippen LogP contribution in [0.15, 0.2) is 4.99 Å². The van der Waals surface area contributed by atoms with E-state index in [2.05, 4.69) is 54.9 Å². The molecule has 0 aromatic carbocycles. The van der Waals surface area contributed by atoms with Gasteiger partial charge in [-0.25, -0.2) is 0 Å². The number of aliphatic imine (C=N–C) groups is 1. The number of hydrogen-bond donors (Lipinski definition) is 1. The summed E-state index contributed by atoms with van der Waals surface area (Å²) in [6, 6.07) is 1.16. The highest BCUT2D eigenvalue weighted by atomic mass is 16.5. The minimum atomic E-state index is 0.510. The molecule has 6 nitrogen and oxygen atoms in total. The first-order valence-corrected chi connectivity index (χ1v) is 10.6. The molecule has 0 bridgehead atoms. The van der Waals surface area contributed by atoms with Crippen LogP contribution in [-0.2, 0) is 4.74 Å². The molecule has 2 fully saturated rings. The average Bonchev–Trinajstić information content (AvgIpc) is 3.14. The summed E-state index contributed by atoms with van der Waals surface area (Å²) in [5, 5.41) is 3.53. The molecule has 2 atom stereocenters. The summed E-state index contributed by atoms with van der Waals surface area (Å²) in [6.45, 7) is 14.7. The summed E-state index contributed by atoms with van der Waals surface area (Å²) in [5.74, 6) is 1.80. The van der Waals surface area contributed by atoms with Crippen molar-refractivity contribution in [1.82, 2.24) is 20.0 Å². The third-order valence-electron chi connectivity index (χ3n) is 6.04. The van der Waals surface area contributed by atoms with E-state index in [0.29, 0.717) is 18.0 Å². The van der Waals surface area contributed by atoms with E-state index in [1.54, 1.807) is 0 Å². The van der Waals surface area contributed by atoms with Crippen LogP contribution in [0.3, 0.4) is 0 Å². The summed E-state index contributed by atoms with van der Waals surface area (Å²) < 4.78 is 5.51. The SMILES string of the molecule is CCNC(=NCC(C(CC)CC)N(C)C)N1CCC(N2CCOCC2)C1. The third-order valence-corrected chi connectivity index (χ3v) is 6.04. The topological polar surface area (TPSA) is 43.3 Å². The summed E-state index contributed by atoms with van der Waals surface area (Å²) >= 11 is 0. The quantitative estimate of drug-likeness (QED) is 0.523.